The molecule has 1 aromatic carbocycles. The van der Waals surface area contributed by atoms with E-state index in [9.17, 15) is 9.90 Å². The molecule has 1 N–H and O–H groups in total. The van der Waals surface area contributed by atoms with Gasteiger partial charge in [-0.1, -0.05) is 36.8 Å². The maximum Gasteiger partial charge on any atom is 0.255 e. The van der Waals surface area contributed by atoms with E-state index in [-0.39, 0.29) is 5.91 Å². The quantitative estimate of drug-likeness (QED) is 0.904. The molecule has 4 heteroatoms. The minimum Gasteiger partial charge on any atom is -0.379 e. The van der Waals surface area contributed by atoms with Crippen LogP contribution in [-0.2, 0) is 11.2 Å². The van der Waals surface area contributed by atoms with Crippen LogP contribution in [0.5, 0.6) is 0 Å². The van der Waals surface area contributed by atoms with E-state index in [1.54, 1.807) is 0 Å². The summed E-state index contributed by atoms with van der Waals surface area (Å²) in [6.45, 7) is 4.01. The van der Waals surface area contributed by atoms with Crippen LogP contribution in [0.25, 0.3) is 0 Å². The van der Waals surface area contributed by atoms with E-state index in [0.29, 0.717) is 19.5 Å². The number of nitrogens with zero attached hydrogens (tertiary/aromatic N) is 2. The number of carbonyl (C=O) groups is 1. The Hall–Kier alpha value is -1.39. The van der Waals surface area contributed by atoms with Gasteiger partial charge in [-0.3, -0.25) is 9.69 Å². The summed E-state index contributed by atoms with van der Waals surface area (Å²) < 4.78 is 0. The van der Waals surface area contributed by atoms with Gasteiger partial charge in [0.2, 0.25) is 0 Å². The standard InChI is InChI=1S/C19H28N2O2/c22-18-19(23,16-20-12-5-2-6-13-20)11-7-14-21(18)15-10-17-8-3-1-4-9-17/h1,3-4,8-9,23H,2,5-7,10-16H2. The third-order valence-electron chi connectivity index (χ3n) is 5.15. The van der Waals surface area contributed by atoms with Crippen molar-refractivity contribution < 1.29 is 9.90 Å². The Morgan fingerprint density at radius 2 is 1.74 bits per heavy atom. The first kappa shape index (κ1) is 16.5. The molecule has 0 aliphatic carbocycles. The van der Waals surface area contributed by atoms with Gasteiger partial charge in [0.1, 0.15) is 0 Å². The summed E-state index contributed by atoms with van der Waals surface area (Å²) in [5, 5.41) is 10.9. The third kappa shape index (κ3) is 4.12. The molecular weight excluding hydrogens is 288 g/mol. The molecule has 3 rings (SSSR count). The highest BCUT2D eigenvalue weighted by atomic mass is 16.3. The summed E-state index contributed by atoms with van der Waals surface area (Å²) >= 11 is 0. The predicted octanol–water partition coefficient (Wildman–Crippen LogP) is 2.07. The summed E-state index contributed by atoms with van der Waals surface area (Å²) in [6, 6.07) is 10.2. The van der Waals surface area contributed by atoms with Crippen LogP contribution in [0.15, 0.2) is 30.3 Å². The van der Waals surface area contributed by atoms with E-state index in [2.05, 4.69) is 17.0 Å². The number of likely N-dealkylation sites (tertiary alicyclic amines) is 2. The SMILES string of the molecule is O=C1N(CCc2ccccc2)CCCC1(O)CN1CCCCC1. The molecule has 2 aliphatic rings. The van der Waals surface area contributed by atoms with Crippen LogP contribution in [0, 0.1) is 0 Å². The lowest BCUT2D eigenvalue weighted by molar-refractivity contribution is -0.159. The maximum absolute atomic E-state index is 12.8. The normalized spacial score (nSPS) is 26.5. The largest absolute Gasteiger partial charge is 0.379 e. The molecule has 0 radical (unpaired) electrons. The number of benzene rings is 1. The molecule has 2 aliphatic heterocycles. The van der Waals surface area contributed by atoms with Gasteiger partial charge in [-0.25, -0.2) is 0 Å². The lowest BCUT2D eigenvalue weighted by Gasteiger charge is -2.41. The van der Waals surface area contributed by atoms with Crippen LogP contribution in [0.2, 0.25) is 0 Å². The number of piperidine rings is 2. The van der Waals surface area contributed by atoms with Gasteiger partial charge >= 0.3 is 0 Å². The number of hydrogen-bond donors (Lipinski definition) is 1. The van der Waals surface area contributed by atoms with Crippen molar-refractivity contribution in [2.45, 2.75) is 44.1 Å². The summed E-state index contributed by atoms with van der Waals surface area (Å²) in [6.07, 6.45) is 5.98. The van der Waals surface area contributed by atoms with E-state index in [1.807, 2.05) is 23.1 Å². The molecule has 0 bridgehead atoms. The first-order valence-corrected chi connectivity index (χ1v) is 8.95. The molecule has 1 amide bonds. The van der Waals surface area contributed by atoms with E-state index in [0.717, 1.165) is 32.5 Å². The third-order valence-corrected chi connectivity index (χ3v) is 5.15. The minimum atomic E-state index is -1.17. The zero-order chi connectivity index (χ0) is 16.1. The van der Waals surface area contributed by atoms with Gasteiger partial charge in [-0.05, 0) is 50.8 Å². The average molecular weight is 316 g/mol. The molecule has 4 nitrogen and oxygen atoms in total. The molecule has 1 atom stereocenters. The van der Waals surface area contributed by atoms with Gasteiger partial charge in [-0.2, -0.15) is 0 Å². The van der Waals surface area contributed by atoms with Crippen LogP contribution in [0.4, 0.5) is 0 Å². The van der Waals surface area contributed by atoms with Crippen molar-refractivity contribution in [1.82, 2.24) is 9.80 Å². The van der Waals surface area contributed by atoms with E-state index >= 15 is 0 Å². The number of rotatable bonds is 5. The van der Waals surface area contributed by atoms with Gasteiger partial charge in [0, 0.05) is 19.6 Å². The summed E-state index contributed by atoms with van der Waals surface area (Å²) in [5.41, 5.74) is 0.0668. The Labute approximate surface area is 139 Å². The van der Waals surface area contributed by atoms with Crippen LogP contribution in [0.3, 0.4) is 0 Å². The predicted molar refractivity (Wildman–Crippen MR) is 91.2 cm³/mol. The summed E-state index contributed by atoms with van der Waals surface area (Å²) in [4.78, 5) is 16.9. The second kappa shape index (κ2) is 7.45. The molecule has 2 heterocycles. The van der Waals surface area contributed by atoms with Crippen molar-refractivity contribution >= 4 is 5.91 Å². The van der Waals surface area contributed by atoms with Gasteiger partial charge in [0.05, 0.1) is 0 Å². The average Bonchev–Trinajstić information content (AvgIpc) is 2.58. The Bertz CT molecular complexity index is 513. The van der Waals surface area contributed by atoms with Gasteiger partial charge in [0.15, 0.2) is 5.60 Å². The number of aliphatic hydroxyl groups is 1. The number of amides is 1. The maximum atomic E-state index is 12.8. The van der Waals surface area contributed by atoms with Crippen LogP contribution >= 0.6 is 0 Å². The molecule has 0 aromatic heterocycles. The molecule has 2 saturated heterocycles. The Morgan fingerprint density at radius 3 is 2.48 bits per heavy atom. The highest BCUT2D eigenvalue weighted by Gasteiger charge is 2.43. The number of carbonyl (C=O) groups excluding carboxylic acids is 1. The first-order chi connectivity index (χ1) is 11.2. The lowest BCUT2D eigenvalue weighted by atomic mass is 9.90. The smallest absolute Gasteiger partial charge is 0.255 e. The Morgan fingerprint density at radius 1 is 1.00 bits per heavy atom. The monoisotopic (exact) mass is 316 g/mol. The molecule has 126 valence electrons. The zero-order valence-corrected chi connectivity index (χ0v) is 13.9. The van der Waals surface area contributed by atoms with Crippen molar-refractivity contribution in [3.63, 3.8) is 0 Å². The number of hydrogen-bond acceptors (Lipinski definition) is 3. The van der Waals surface area contributed by atoms with Crippen LogP contribution in [-0.4, -0.2) is 59.1 Å². The highest BCUT2D eigenvalue weighted by Crippen LogP contribution is 2.25. The van der Waals surface area contributed by atoms with E-state index in [1.165, 1.54) is 24.8 Å². The van der Waals surface area contributed by atoms with Crippen molar-refractivity contribution in [2.75, 3.05) is 32.7 Å². The fourth-order valence-electron chi connectivity index (χ4n) is 3.82. The van der Waals surface area contributed by atoms with Crippen molar-refractivity contribution in [2.24, 2.45) is 0 Å². The second-order valence-corrected chi connectivity index (χ2v) is 7.00. The fraction of sp³-hybridized carbons (Fsp3) is 0.632. The molecule has 1 unspecified atom stereocenters. The Kier molecular flexibility index (Phi) is 5.34. The molecule has 0 saturated carbocycles. The van der Waals surface area contributed by atoms with Crippen LogP contribution in [0.1, 0.15) is 37.7 Å². The van der Waals surface area contributed by atoms with Crippen LogP contribution < -0.4 is 0 Å². The van der Waals surface area contributed by atoms with Crippen molar-refractivity contribution in [3.8, 4) is 0 Å². The summed E-state index contributed by atoms with van der Waals surface area (Å²) in [5.74, 6) is -0.0646. The minimum absolute atomic E-state index is 0.0646. The van der Waals surface area contributed by atoms with E-state index < -0.39 is 5.60 Å². The topological polar surface area (TPSA) is 43.8 Å². The molecule has 0 spiro atoms. The van der Waals surface area contributed by atoms with Gasteiger partial charge in [-0.15, -0.1) is 0 Å². The number of β-amino-alcohol motifs (C(OH)–C–C–N with tert-alkyl or cyclic N) is 1. The lowest BCUT2D eigenvalue weighted by Crippen LogP contribution is -2.59. The zero-order valence-electron chi connectivity index (χ0n) is 13.9. The molecular formula is C19H28N2O2. The van der Waals surface area contributed by atoms with Crippen molar-refractivity contribution in [3.05, 3.63) is 35.9 Å². The first-order valence-electron chi connectivity index (χ1n) is 8.95. The second-order valence-electron chi connectivity index (χ2n) is 7.00. The van der Waals surface area contributed by atoms with Gasteiger partial charge in [0.25, 0.3) is 5.91 Å². The van der Waals surface area contributed by atoms with Crippen molar-refractivity contribution in [1.29, 1.82) is 0 Å². The molecule has 23 heavy (non-hydrogen) atoms. The van der Waals surface area contributed by atoms with Gasteiger partial charge < -0.3 is 10.0 Å². The summed E-state index contributed by atoms with van der Waals surface area (Å²) in [7, 11) is 0. The van der Waals surface area contributed by atoms with E-state index in [4.69, 9.17) is 0 Å². The molecule has 1 aromatic rings. The highest BCUT2D eigenvalue weighted by molar-refractivity contribution is 5.86. The fourth-order valence-corrected chi connectivity index (χ4v) is 3.82. The molecule has 2 fully saturated rings. The Balaban J connectivity index is 1.58.